The summed E-state index contributed by atoms with van der Waals surface area (Å²) in [4.78, 5) is 19.2. The van der Waals surface area contributed by atoms with Gasteiger partial charge in [-0.05, 0) is 70.0 Å². The van der Waals surface area contributed by atoms with Crippen LogP contribution in [0, 0.1) is 11.6 Å². The summed E-state index contributed by atoms with van der Waals surface area (Å²) in [7, 11) is 0. The number of hydrogen-bond donors (Lipinski definition) is 1. The highest BCUT2D eigenvalue weighted by Gasteiger charge is 2.13. The third kappa shape index (κ3) is 5.90. The van der Waals surface area contributed by atoms with Gasteiger partial charge in [0.05, 0.1) is 26.4 Å². The number of ether oxygens (including phenoxy) is 1. The molecular weight excluding hydrogens is 562 g/mol. The number of pyridine rings is 2. The van der Waals surface area contributed by atoms with Crippen molar-refractivity contribution in [2.24, 2.45) is 0 Å². The molecule has 9 heteroatoms. The fourth-order valence-electron chi connectivity index (χ4n) is 3.06. The molecule has 0 aliphatic rings. The summed E-state index contributed by atoms with van der Waals surface area (Å²) in [5, 5.41) is 10.8. The third-order valence-corrected chi connectivity index (χ3v) is 5.96. The maximum Gasteiger partial charge on any atom is 0.303 e. The molecule has 5 nitrogen and oxygen atoms in total. The van der Waals surface area contributed by atoms with E-state index in [1.165, 1.54) is 6.92 Å². The third-order valence-electron chi connectivity index (χ3n) is 4.74. The van der Waals surface area contributed by atoms with Gasteiger partial charge in [0, 0.05) is 17.7 Å². The van der Waals surface area contributed by atoms with Crippen molar-refractivity contribution in [2.45, 2.75) is 33.0 Å². The van der Waals surface area contributed by atoms with E-state index in [1.54, 1.807) is 62.4 Å². The number of hydrogen-bond acceptors (Lipinski definition) is 5. The molecule has 0 aliphatic carbocycles. The topological polar surface area (TPSA) is 72.3 Å². The zero-order valence-corrected chi connectivity index (χ0v) is 21.1. The highest BCUT2D eigenvalue weighted by atomic mass is 79.9. The van der Waals surface area contributed by atoms with Crippen molar-refractivity contribution < 1.29 is 23.4 Å². The van der Waals surface area contributed by atoms with E-state index < -0.39 is 23.8 Å². The largest absolute Gasteiger partial charge is 0.456 e. The molecular formula is C24H20Br2F2N2O3. The summed E-state index contributed by atoms with van der Waals surface area (Å²) in [6.07, 6.45) is -1.18. The number of nitrogens with zero attached hydrogens (tertiary/aromatic N) is 2. The Kier molecular flexibility index (Phi) is 8.10. The predicted octanol–water partition coefficient (Wildman–Crippen LogP) is 6.95. The van der Waals surface area contributed by atoms with Crippen LogP contribution in [0.4, 0.5) is 8.78 Å². The van der Waals surface area contributed by atoms with E-state index in [4.69, 9.17) is 4.74 Å². The van der Waals surface area contributed by atoms with Gasteiger partial charge in [-0.2, -0.15) is 0 Å². The Bertz CT molecular complexity index is 1330. The SMILES string of the molecule is CC(=O)O[C@H](C)c1ccc2ccc(Br)c(F)c2n1.C[C@@H](O)c1ccc2ccc(Br)c(F)c2n1. The number of rotatable bonds is 3. The molecule has 2 heterocycles. The molecule has 0 aliphatic heterocycles. The predicted molar refractivity (Wildman–Crippen MR) is 130 cm³/mol. The maximum absolute atomic E-state index is 13.9. The molecule has 4 rings (SSSR count). The number of aliphatic hydroxyl groups excluding tert-OH is 1. The molecule has 2 aromatic carbocycles. The van der Waals surface area contributed by atoms with Crippen LogP contribution < -0.4 is 0 Å². The Morgan fingerprint density at radius 2 is 1.27 bits per heavy atom. The number of carbonyl (C=O) groups excluding carboxylic acids is 1. The Labute approximate surface area is 206 Å². The number of aliphatic hydroxyl groups is 1. The van der Waals surface area contributed by atoms with E-state index in [0.717, 1.165) is 5.39 Å². The second kappa shape index (κ2) is 10.6. The van der Waals surface area contributed by atoms with E-state index >= 15 is 0 Å². The summed E-state index contributed by atoms with van der Waals surface area (Å²) >= 11 is 6.22. The molecule has 2 aromatic heterocycles. The highest BCUT2D eigenvalue weighted by molar-refractivity contribution is 9.10. The first kappa shape index (κ1) is 25.1. The Morgan fingerprint density at radius 3 is 1.73 bits per heavy atom. The lowest BCUT2D eigenvalue weighted by atomic mass is 10.1. The zero-order chi connectivity index (χ0) is 24.3. The van der Waals surface area contributed by atoms with E-state index in [0.29, 0.717) is 25.7 Å². The monoisotopic (exact) mass is 580 g/mol. The summed E-state index contributed by atoms with van der Waals surface area (Å²) in [6.45, 7) is 4.63. The lowest BCUT2D eigenvalue weighted by Crippen LogP contribution is -2.06. The van der Waals surface area contributed by atoms with Gasteiger partial charge in [-0.15, -0.1) is 0 Å². The van der Waals surface area contributed by atoms with Crippen LogP contribution in [0.25, 0.3) is 21.8 Å². The van der Waals surface area contributed by atoms with Crippen LogP contribution >= 0.6 is 31.9 Å². The van der Waals surface area contributed by atoms with E-state index in [9.17, 15) is 18.7 Å². The summed E-state index contributed by atoms with van der Waals surface area (Å²) in [5.41, 5.74) is 1.54. The van der Waals surface area contributed by atoms with Crippen molar-refractivity contribution in [2.75, 3.05) is 0 Å². The molecule has 172 valence electrons. The Balaban J connectivity index is 0.000000189. The number of esters is 1. The molecule has 4 aromatic rings. The fraction of sp³-hybridized carbons (Fsp3) is 0.208. The van der Waals surface area contributed by atoms with Crippen LogP contribution in [0.3, 0.4) is 0 Å². The molecule has 0 bridgehead atoms. The van der Waals surface area contributed by atoms with Crippen LogP contribution in [0.1, 0.15) is 44.4 Å². The van der Waals surface area contributed by atoms with Crippen molar-refractivity contribution in [3.05, 3.63) is 80.5 Å². The highest BCUT2D eigenvalue weighted by Crippen LogP contribution is 2.26. The van der Waals surface area contributed by atoms with Gasteiger partial charge in [0.2, 0.25) is 0 Å². The van der Waals surface area contributed by atoms with Gasteiger partial charge < -0.3 is 9.84 Å². The molecule has 1 N–H and O–H groups in total. The van der Waals surface area contributed by atoms with Crippen molar-refractivity contribution >= 4 is 59.6 Å². The van der Waals surface area contributed by atoms with Crippen LogP contribution in [-0.2, 0) is 9.53 Å². The number of fused-ring (bicyclic) bond motifs is 2. The van der Waals surface area contributed by atoms with Gasteiger partial charge in [-0.1, -0.05) is 24.3 Å². The van der Waals surface area contributed by atoms with Gasteiger partial charge in [0.15, 0.2) is 11.6 Å². The maximum atomic E-state index is 13.9. The average molecular weight is 582 g/mol. The van der Waals surface area contributed by atoms with Gasteiger partial charge in [-0.25, -0.2) is 18.7 Å². The van der Waals surface area contributed by atoms with Crippen LogP contribution in [0.2, 0.25) is 0 Å². The van der Waals surface area contributed by atoms with Crippen molar-refractivity contribution in [3.8, 4) is 0 Å². The molecule has 0 unspecified atom stereocenters. The van der Waals surface area contributed by atoms with Crippen molar-refractivity contribution in [1.82, 2.24) is 9.97 Å². The molecule has 0 amide bonds. The summed E-state index contributed by atoms with van der Waals surface area (Å²) in [5.74, 6) is -1.20. The first-order valence-electron chi connectivity index (χ1n) is 9.93. The number of benzene rings is 2. The minimum absolute atomic E-state index is 0.265. The van der Waals surface area contributed by atoms with Crippen LogP contribution in [0.15, 0.2) is 57.5 Å². The van der Waals surface area contributed by atoms with E-state index in [1.807, 2.05) is 0 Å². The standard InChI is InChI=1S/C13H11BrFNO2.C11H9BrFNO/c1-7(18-8(2)17)11-6-4-9-3-5-10(14)12(15)13(9)16-11;1-6(15)9-5-3-7-2-4-8(12)10(13)11(7)14-9/h3-7H,1-2H3;2-6,15H,1H3/t7-;6-/m11/s1. The van der Waals surface area contributed by atoms with Gasteiger partial charge in [0.1, 0.15) is 17.1 Å². The Morgan fingerprint density at radius 1 is 0.848 bits per heavy atom. The Hall–Kier alpha value is -2.49. The molecule has 2 atom stereocenters. The molecule has 0 saturated heterocycles. The minimum atomic E-state index is -0.687. The van der Waals surface area contributed by atoms with Gasteiger partial charge in [-0.3, -0.25) is 4.79 Å². The zero-order valence-electron chi connectivity index (χ0n) is 17.9. The second-order valence-electron chi connectivity index (χ2n) is 7.27. The molecule has 0 radical (unpaired) electrons. The van der Waals surface area contributed by atoms with Crippen molar-refractivity contribution in [3.63, 3.8) is 0 Å². The first-order valence-corrected chi connectivity index (χ1v) is 11.5. The second-order valence-corrected chi connectivity index (χ2v) is 8.97. The average Bonchev–Trinajstić information content (AvgIpc) is 2.78. The number of aromatic nitrogens is 2. The van der Waals surface area contributed by atoms with Crippen LogP contribution in [-0.4, -0.2) is 21.0 Å². The quantitative estimate of drug-likeness (QED) is 0.265. The van der Waals surface area contributed by atoms with Crippen LogP contribution in [0.5, 0.6) is 0 Å². The number of halogens is 4. The minimum Gasteiger partial charge on any atom is -0.456 e. The van der Waals surface area contributed by atoms with E-state index in [2.05, 4.69) is 41.8 Å². The molecule has 0 saturated carbocycles. The normalized spacial score (nSPS) is 12.7. The lowest BCUT2D eigenvalue weighted by Gasteiger charge is -2.12. The van der Waals surface area contributed by atoms with Crippen molar-refractivity contribution in [1.29, 1.82) is 0 Å². The molecule has 0 spiro atoms. The fourth-order valence-corrected chi connectivity index (χ4v) is 3.70. The molecule has 0 fully saturated rings. The van der Waals surface area contributed by atoms with E-state index in [-0.39, 0.29) is 17.0 Å². The lowest BCUT2D eigenvalue weighted by molar-refractivity contribution is -0.145. The first-order chi connectivity index (χ1) is 15.6. The number of carbonyl (C=O) groups is 1. The molecule has 33 heavy (non-hydrogen) atoms. The van der Waals surface area contributed by atoms with Gasteiger partial charge >= 0.3 is 5.97 Å². The smallest absolute Gasteiger partial charge is 0.303 e. The summed E-state index contributed by atoms with van der Waals surface area (Å²) in [6, 6.07) is 13.8. The summed E-state index contributed by atoms with van der Waals surface area (Å²) < 4.78 is 33.3. The van der Waals surface area contributed by atoms with Gasteiger partial charge in [0.25, 0.3) is 0 Å².